The molecule has 1 amide bonds. The van der Waals surface area contributed by atoms with Crippen LogP contribution in [-0.4, -0.2) is 5.91 Å². The summed E-state index contributed by atoms with van der Waals surface area (Å²) >= 11 is 0. The van der Waals surface area contributed by atoms with Crippen molar-refractivity contribution in [1.29, 1.82) is 0 Å². The molecule has 120 valence electrons. The molecule has 1 aliphatic carbocycles. The number of carbonyl (C=O) groups excluding carboxylic acids is 1. The fraction of sp³-hybridized carbons (Fsp3) is 0.278. The van der Waals surface area contributed by atoms with Gasteiger partial charge in [-0.3, -0.25) is 4.79 Å². The summed E-state index contributed by atoms with van der Waals surface area (Å²) in [6.45, 7) is 1.95. The van der Waals surface area contributed by atoms with Crippen LogP contribution in [0.15, 0.2) is 48.5 Å². The van der Waals surface area contributed by atoms with Gasteiger partial charge in [-0.05, 0) is 37.5 Å². The van der Waals surface area contributed by atoms with Gasteiger partial charge in [0.05, 0.1) is 16.7 Å². The molecule has 0 radical (unpaired) electrons. The van der Waals surface area contributed by atoms with E-state index in [0.717, 1.165) is 17.2 Å². The van der Waals surface area contributed by atoms with Gasteiger partial charge in [-0.25, -0.2) is 0 Å². The number of amides is 1. The number of halogens is 3. The number of alkyl halides is 3. The minimum absolute atomic E-state index is 0.191. The second-order valence-electron chi connectivity index (χ2n) is 5.95. The SMILES string of the molecule is Cc1ccc(C2(C(=O)Nc3ccccc3C(F)(F)F)CC2)cc1. The number of nitrogens with one attached hydrogen (secondary N) is 1. The number of hydrogen-bond acceptors (Lipinski definition) is 1. The van der Waals surface area contributed by atoms with Gasteiger partial charge in [0.15, 0.2) is 0 Å². The van der Waals surface area contributed by atoms with Gasteiger partial charge in [-0.15, -0.1) is 0 Å². The van der Waals surface area contributed by atoms with Crippen LogP contribution >= 0.6 is 0 Å². The van der Waals surface area contributed by atoms with Crippen LogP contribution in [0.4, 0.5) is 18.9 Å². The normalized spacial score (nSPS) is 16.0. The van der Waals surface area contributed by atoms with Crippen molar-refractivity contribution in [2.75, 3.05) is 5.32 Å². The standard InChI is InChI=1S/C18H16F3NO/c1-12-6-8-13(9-7-12)17(10-11-17)16(23)22-15-5-3-2-4-14(15)18(19,20)21/h2-9H,10-11H2,1H3,(H,22,23). The van der Waals surface area contributed by atoms with E-state index < -0.39 is 17.2 Å². The monoisotopic (exact) mass is 319 g/mol. The Morgan fingerprint density at radius 3 is 2.22 bits per heavy atom. The zero-order valence-electron chi connectivity index (χ0n) is 12.6. The number of anilines is 1. The van der Waals surface area contributed by atoms with Gasteiger partial charge in [-0.2, -0.15) is 13.2 Å². The highest BCUT2D eigenvalue weighted by Gasteiger charge is 2.51. The Morgan fingerprint density at radius 1 is 1.04 bits per heavy atom. The Kier molecular flexibility index (Phi) is 3.66. The molecule has 0 heterocycles. The minimum atomic E-state index is -4.50. The molecule has 0 atom stereocenters. The average molecular weight is 319 g/mol. The fourth-order valence-electron chi connectivity index (χ4n) is 2.73. The summed E-state index contributed by atoms with van der Waals surface area (Å²) in [4.78, 5) is 12.6. The van der Waals surface area contributed by atoms with E-state index in [0.29, 0.717) is 12.8 Å². The van der Waals surface area contributed by atoms with Crippen molar-refractivity contribution in [3.8, 4) is 0 Å². The van der Waals surface area contributed by atoms with Gasteiger partial charge in [0.2, 0.25) is 5.91 Å². The first-order valence-corrected chi connectivity index (χ1v) is 7.38. The first-order valence-electron chi connectivity index (χ1n) is 7.38. The van der Waals surface area contributed by atoms with E-state index in [2.05, 4.69) is 5.32 Å². The van der Waals surface area contributed by atoms with Crippen LogP contribution in [-0.2, 0) is 16.4 Å². The van der Waals surface area contributed by atoms with Crippen LogP contribution in [0.5, 0.6) is 0 Å². The molecule has 2 nitrogen and oxygen atoms in total. The molecule has 23 heavy (non-hydrogen) atoms. The lowest BCUT2D eigenvalue weighted by atomic mass is 9.94. The first-order chi connectivity index (χ1) is 10.8. The molecule has 0 aromatic heterocycles. The maximum Gasteiger partial charge on any atom is 0.418 e. The van der Waals surface area contributed by atoms with Crippen molar-refractivity contribution >= 4 is 11.6 Å². The van der Waals surface area contributed by atoms with Crippen LogP contribution in [0.3, 0.4) is 0 Å². The Balaban J connectivity index is 1.87. The number of benzene rings is 2. The number of aryl methyl sites for hydroxylation is 1. The molecule has 1 saturated carbocycles. The number of hydrogen-bond donors (Lipinski definition) is 1. The number of rotatable bonds is 3. The zero-order valence-corrected chi connectivity index (χ0v) is 12.6. The topological polar surface area (TPSA) is 29.1 Å². The van der Waals surface area contributed by atoms with Crippen molar-refractivity contribution in [3.63, 3.8) is 0 Å². The highest BCUT2D eigenvalue weighted by molar-refractivity contribution is 6.01. The molecular formula is C18H16F3NO. The van der Waals surface area contributed by atoms with E-state index in [1.807, 2.05) is 31.2 Å². The molecule has 0 spiro atoms. The second-order valence-corrected chi connectivity index (χ2v) is 5.95. The first kappa shape index (κ1) is 15.6. The number of para-hydroxylation sites is 1. The molecule has 0 aliphatic heterocycles. The maximum absolute atomic E-state index is 13.0. The fourth-order valence-corrected chi connectivity index (χ4v) is 2.73. The Labute approximate surface area is 132 Å². The largest absolute Gasteiger partial charge is 0.418 e. The zero-order chi connectivity index (χ0) is 16.7. The molecule has 1 N–H and O–H groups in total. The molecular weight excluding hydrogens is 303 g/mol. The van der Waals surface area contributed by atoms with E-state index in [1.54, 1.807) is 0 Å². The summed E-state index contributed by atoms with van der Waals surface area (Å²) in [6, 6.07) is 12.6. The van der Waals surface area contributed by atoms with E-state index >= 15 is 0 Å². The van der Waals surface area contributed by atoms with Crippen LogP contribution in [0.25, 0.3) is 0 Å². The van der Waals surface area contributed by atoms with E-state index in [9.17, 15) is 18.0 Å². The molecule has 2 aromatic rings. The van der Waals surface area contributed by atoms with Crippen LogP contribution < -0.4 is 5.32 Å². The van der Waals surface area contributed by atoms with Crippen molar-refractivity contribution in [2.24, 2.45) is 0 Å². The smallest absolute Gasteiger partial charge is 0.325 e. The lowest BCUT2D eigenvalue weighted by Crippen LogP contribution is -2.28. The van der Waals surface area contributed by atoms with E-state index in [1.165, 1.54) is 18.2 Å². The Bertz CT molecular complexity index is 731. The van der Waals surface area contributed by atoms with E-state index in [-0.39, 0.29) is 11.6 Å². The van der Waals surface area contributed by atoms with Crippen LogP contribution in [0.2, 0.25) is 0 Å². The molecule has 2 aromatic carbocycles. The highest BCUT2D eigenvalue weighted by atomic mass is 19.4. The van der Waals surface area contributed by atoms with Crippen LogP contribution in [0.1, 0.15) is 29.5 Å². The maximum atomic E-state index is 13.0. The lowest BCUT2D eigenvalue weighted by molar-refractivity contribution is -0.137. The Morgan fingerprint density at radius 2 is 1.65 bits per heavy atom. The van der Waals surface area contributed by atoms with Crippen molar-refractivity contribution in [3.05, 3.63) is 65.2 Å². The summed E-state index contributed by atoms with van der Waals surface area (Å²) in [7, 11) is 0. The molecule has 1 aliphatic rings. The predicted octanol–water partition coefficient (Wildman–Crippen LogP) is 4.68. The average Bonchev–Trinajstić information content (AvgIpc) is 3.29. The third-order valence-electron chi connectivity index (χ3n) is 4.27. The third-order valence-corrected chi connectivity index (χ3v) is 4.27. The summed E-state index contributed by atoms with van der Waals surface area (Å²) < 4.78 is 39.1. The van der Waals surface area contributed by atoms with Crippen LogP contribution in [0, 0.1) is 6.92 Å². The predicted molar refractivity (Wildman–Crippen MR) is 82.2 cm³/mol. The van der Waals surface area contributed by atoms with Gasteiger partial charge < -0.3 is 5.32 Å². The quantitative estimate of drug-likeness (QED) is 0.874. The van der Waals surface area contributed by atoms with Gasteiger partial charge in [0, 0.05) is 0 Å². The summed E-state index contributed by atoms with van der Waals surface area (Å²) in [5.74, 6) is -0.377. The summed E-state index contributed by atoms with van der Waals surface area (Å²) in [5, 5.41) is 2.47. The molecule has 0 unspecified atom stereocenters. The molecule has 0 bridgehead atoms. The molecule has 1 fully saturated rings. The summed E-state index contributed by atoms with van der Waals surface area (Å²) in [5.41, 5.74) is 0.209. The van der Waals surface area contributed by atoms with Gasteiger partial charge in [-0.1, -0.05) is 42.0 Å². The third kappa shape index (κ3) is 2.96. The number of carbonyl (C=O) groups is 1. The molecule has 0 saturated heterocycles. The van der Waals surface area contributed by atoms with Crippen molar-refractivity contribution < 1.29 is 18.0 Å². The minimum Gasteiger partial charge on any atom is -0.325 e. The van der Waals surface area contributed by atoms with Gasteiger partial charge >= 0.3 is 6.18 Å². The molecule has 3 rings (SSSR count). The van der Waals surface area contributed by atoms with Gasteiger partial charge in [0.25, 0.3) is 0 Å². The summed E-state index contributed by atoms with van der Waals surface area (Å²) in [6.07, 6.45) is -3.20. The van der Waals surface area contributed by atoms with Crippen molar-refractivity contribution in [2.45, 2.75) is 31.4 Å². The van der Waals surface area contributed by atoms with Crippen molar-refractivity contribution in [1.82, 2.24) is 0 Å². The highest BCUT2D eigenvalue weighted by Crippen LogP contribution is 2.49. The van der Waals surface area contributed by atoms with Gasteiger partial charge in [0.1, 0.15) is 0 Å². The Hall–Kier alpha value is -2.30. The second kappa shape index (κ2) is 5.41. The molecule has 5 heteroatoms. The van der Waals surface area contributed by atoms with E-state index in [4.69, 9.17) is 0 Å². The lowest BCUT2D eigenvalue weighted by Gasteiger charge is -2.18.